The Morgan fingerprint density at radius 3 is 2.85 bits per heavy atom. The minimum absolute atomic E-state index is 0.111. The van der Waals surface area contributed by atoms with Crippen LogP contribution < -0.4 is 0 Å². The number of carbonyl (C=O) groups is 1. The van der Waals surface area contributed by atoms with Crippen molar-refractivity contribution >= 4 is 23.5 Å². The van der Waals surface area contributed by atoms with Gasteiger partial charge in [-0.2, -0.15) is 0 Å². The number of ketones is 1. The predicted octanol–water partition coefficient (Wildman–Crippen LogP) is 3.11. The highest BCUT2D eigenvalue weighted by Gasteiger charge is 1.90. The summed E-state index contributed by atoms with van der Waals surface area (Å²) in [7, 11) is 0. The fourth-order valence-electron chi connectivity index (χ4n) is 0.857. The molecule has 0 aliphatic rings. The molecule has 1 rings (SSSR count). The average molecular weight is 193 g/mol. The Labute approximate surface area is 82.3 Å². The highest BCUT2D eigenvalue weighted by molar-refractivity contribution is 6.30. The van der Waals surface area contributed by atoms with Gasteiger partial charge in [-0.25, -0.2) is 0 Å². The van der Waals surface area contributed by atoms with E-state index in [0.29, 0.717) is 5.02 Å². The van der Waals surface area contributed by atoms with Crippen LogP contribution in [0.3, 0.4) is 0 Å². The molecule has 0 saturated carbocycles. The molecule has 0 amide bonds. The summed E-state index contributed by atoms with van der Waals surface area (Å²) in [5.74, 6) is -0.111. The van der Waals surface area contributed by atoms with Gasteiger partial charge < -0.3 is 0 Å². The van der Waals surface area contributed by atoms with E-state index < -0.39 is 0 Å². The summed E-state index contributed by atoms with van der Waals surface area (Å²) in [5.41, 5.74) is 0.905. The van der Waals surface area contributed by atoms with Gasteiger partial charge in [-0.05, 0) is 29.8 Å². The molecule has 0 bridgehead atoms. The molecule has 0 unspecified atom stereocenters. The smallest absolute Gasteiger partial charge is 0.178 e. The first kappa shape index (κ1) is 9.75. The first-order valence-electron chi connectivity index (χ1n) is 3.82. The molecule has 0 radical (unpaired) electrons. The van der Waals surface area contributed by atoms with Gasteiger partial charge in [0.25, 0.3) is 0 Å². The van der Waals surface area contributed by atoms with Crippen molar-refractivity contribution < 1.29 is 4.79 Å². The third-order valence-electron chi connectivity index (χ3n) is 1.49. The summed E-state index contributed by atoms with van der Waals surface area (Å²) in [6.45, 7) is 3.36. The Kier molecular flexibility index (Phi) is 3.47. The van der Waals surface area contributed by atoms with Gasteiger partial charge in [-0.15, -0.1) is 0 Å². The van der Waals surface area contributed by atoms with Gasteiger partial charge in [0, 0.05) is 5.02 Å². The molecule has 0 fully saturated rings. The third-order valence-corrected chi connectivity index (χ3v) is 1.73. The van der Waals surface area contributed by atoms with E-state index in [1.54, 1.807) is 18.2 Å². The SMILES string of the molecule is C=CC(=O)/C=C/c1cccc(Cl)c1. The van der Waals surface area contributed by atoms with Crippen molar-refractivity contribution in [2.45, 2.75) is 0 Å². The second-order valence-corrected chi connectivity index (χ2v) is 2.93. The van der Waals surface area contributed by atoms with Gasteiger partial charge >= 0.3 is 0 Å². The van der Waals surface area contributed by atoms with Crippen LogP contribution in [0.1, 0.15) is 5.56 Å². The molecule has 0 aliphatic carbocycles. The van der Waals surface area contributed by atoms with Crippen LogP contribution in [0.2, 0.25) is 5.02 Å². The van der Waals surface area contributed by atoms with Gasteiger partial charge in [-0.1, -0.05) is 36.4 Å². The maximum absolute atomic E-state index is 10.8. The van der Waals surface area contributed by atoms with Gasteiger partial charge in [-0.3, -0.25) is 4.79 Å². The molecule has 13 heavy (non-hydrogen) atoms. The van der Waals surface area contributed by atoms with Crippen LogP contribution in [0.5, 0.6) is 0 Å². The lowest BCUT2D eigenvalue weighted by molar-refractivity contribution is -0.110. The summed E-state index contributed by atoms with van der Waals surface area (Å²) in [5, 5.41) is 0.660. The van der Waals surface area contributed by atoms with Gasteiger partial charge in [0.05, 0.1) is 0 Å². The summed E-state index contributed by atoms with van der Waals surface area (Å²) in [6.07, 6.45) is 4.43. The normalized spacial score (nSPS) is 10.2. The van der Waals surface area contributed by atoms with E-state index in [1.807, 2.05) is 12.1 Å². The molecule has 0 spiro atoms. The lowest BCUT2D eigenvalue weighted by atomic mass is 10.2. The molecule has 1 nitrogen and oxygen atoms in total. The molecule has 1 aromatic rings. The maximum Gasteiger partial charge on any atom is 0.178 e. The van der Waals surface area contributed by atoms with E-state index in [2.05, 4.69) is 6.58 Å². The average Bonchev–Trinajstić information content (AvgIpc) is 2.14. The van der Waals surface area contributed by atoms with Gasteiger partial charge in [0.2, 0.25) is 0 Å². The van der Waals surface area contributed by atoms with Crippen LogP contribution >= 0.6 is 11.6 Å². The van der Waals surface area contributed by atoms with Crippen LogP contribution in [0, 0.1) is 0 Å². The highest BCUT2D eigenvalue weighted by atomic mass is 35.5. The Hall–Kier alpha value is -1.34. The summed E-state index contributed by atoms with van der Waals surface area (Å²) < 4.78 is 0. The molecule has 0 N–H and O–H groups in total. The zero-order chi connectivity index (χ0) is 9.68. The highest BCUT2D eigenvalue weighted by Crippen LogP contribution is 2.11. The monoisotopic (exact) mass is 192 g/mol. The number of carbonyl (C=O) groups excluding carboxylic acids is 1. The van der Waals surface area contributed by atoms with E-state index in [-0.39, 0.29) is 5.78 Å². The van der Waals surface area contributed by atoms with Crippen molar-refractivity contribution in [1.82, 2.24) is 0 Å². The first-order chi connectivity index (χ1) is 6.22. The van der Waals surface area contributed by atoms with Crippen molar-refractivity contribution in [1.29, 1.82) is 0 Å². The van der Waals surface area contributed by atoms with Crippen molar-refractivity contribution in [3.8, 4) is 0 Å². The number of hydrogen-bond acceptors (Lipinski definition) is 1. The summed E-state index contributed by atoms with van der Waals surface area (Å²) >= 11 is 5.76. The van der Waals surface area contributed by atoms with Crippen LogP contribution in [-0.4, -0.2) is 5.78 Å². The summed E-state index contributed by atoms with van der Waals surface area (Å²) in [6, 6.07) is 7.28. The standard InChI is InChI=1S/C11H9ClO/c1-2-11(13)7-6-9-4-3-5-10(12)8-9/h2-8H,1H2/b7-6+. The Morgan fingerprint density at radius 2 is 2.23 bits per heavy atom. The molecular weight excluding hydrogens is 184 g/mol. The topological polar surface area (TPSA) is 17.1 Å². The maximum atomic E-state index is 10.8. The van der Waals surface area contributed by atoms with E-state index in [0.717, 1.165) is 5.56 Å². The van der Waals surface area contributed by atoms with Crippen LogP contribution in [0.25, 0.3) is 6.08 Å². The number of allylic oxidation sites excluding steroid dienone is 2. The van der Waals surface area contributed by atoms with Crippen molar-refractivity contribution in [3.63, 3.8) is 0 Å². The molecule has 0 saturated heterocycles. The van der Waals surface area contributed by atoms with E-state index in [1.165, 1.54) is 12.2 Å². The van der Waals surface area contributed by atoms with Gasteiger partial charge in [0.15, 0.2) is 5.78 Å². The first-order valence-corrected chi connectivity index (χ1v) is 4.20. The van der Waals surface area contributed by atoms with Crippen LogP contribution in [-0.2, 0) is 4.79 Å². The quantitative estimate of drug-likeness (QED) is 0.673. The zero-order valence-corrected chi connectivity index (χ0v) is 7.79. The second-order valence-electron chi connectivity index (χ2n) is 2.49. The predicted molar refractivity (Wildman–Crippen MR) is 55.7 cm³/mol. The molecular formula is C11H9ClO. The van der Waals surface area contributed by atoms with Gasteiger partial charge in [0.1, 0.15) is 0 Å². The zero-order valence-electron chi connectivity index (χ0n) is 7.03. The molecule has 2 heteroatoms. The lowest BCUT2D eigenvalue weighted by Crippen LogP contribution is -1.82. The minimum Gasteiger partial charge on any atom is -0.290 e. The largest absolute Gasteiger partial charge is 0.290 e. The van der Waals surface area contributed by atoms with Crippen molar-refractivity contribution in [3.05, 3.63) is 53.6 Å². The molecule has 0 aliphatic heterocycles. The number of hydrogen-bond donors (Lipinski definition) is 0. The van der Waals surface area contributed by atoms with Crippen molar-refractivity contribution in [2.24, 2.45) is 0 Å². The van der Waals surface area contributed by atoms with Crippen LogP contribution in [0.15, 0.2) is 43.0 Å². The van der Waals surface area contributed by atoms with E-state index in [9.17, 15) is 4.79 Å². The Bertz CT molecular complexity index is 353. The van der Waals surface area contributed by atoms with Crippen LogP contribution in [0.4, 0.5) is 0 Å². The Balaban J connectivity index is 2.79. The second kappa shape index (κ2) is 4.63. The lowest BCUT2D eigenvalue weighted by Gasteiger charge is -1.92. The molecule has 0 atom stereocenters. The molecule has 0 heterocycles. The van der Waals surface area contributed by atoms with Crippen molar-refractivity contribution in [2.75, 3.05) is 0 Å². The Morgan fingerprint density at radius 1 is 1.46 bits per heavy atom. The molecule has 0 aromatic heterocycles. The molecule has 66 valence electrons. The summed E-state index contributed by atoms with van der Waals surface area (Å²) in [4.78, 5) is 10.8. The van der Waals surface area contributed by atoms with E-state index in [4.69, 9.17) is 11.6 Å². The number of rotatable bonds is 3. The number of benzene rings is 1. The fourth-order valence-corrected chi connectivity index (χ4v) is 1.06. The van der Waals surface area contributed by atoms with E-state index >= 15 is 0 Å². The fraction of sp³-hybridized carbons (Fsp3) is 0. The molecule has 1 aromatic carbocycles. The minimum atomic E-state index is -0.111. The third kappa shape index (κ3) is 3.26. The number of halogens is 1.